The third kappa shape index (κ3) is 2.71. The first-order valence-corrected chi connectivity index (χ1v) is 7.69. The predicted octanol–water partition coefficient (Wildman–Crippen LogP) is 4.43. The summed E-state index contributed by atoms with van der Waals surface area (Å²) in [6, 6.07) is 12.2. The second-order valence-corrected chi connectivity index (χ2v) is 6.38. The van der Waals surface area contributed by atoms with E-state index in [0.29, 0.717) is 6.42 Å². The van der Waals surface area contributed by atoms with Gasteiger partial charge in [0.05, 0.1) is 12.7 Å². The van der Waals surface area contributed by atoms with E-state index in [1.165, 1.54) is 0 Å². The van der Waals surface area contributed by atoms with Crippen LogP contribution in [0.25, 0.3) is 21.7 Å². The number of benzene rings is 2. The minimum atomic E-state index is -0.182. The number of carbonyl (C=O) groups is 1. The van der Waals surface area contributed by atoms with Gasteiger partial charge in [0, 0.05) is 16.5 Å². The lowest BCUT2D eigenvalue weighted by Crippen LogP contribution is -2.43. The van der Waals surface area contributed by atoms with E-state index in [1.54, 1.807) is 6.26 Å². The summed E-state index contributed by atoms with van der Waals surface area (Å²) in [6.45, 7) is 6.14. The van der Waals surface area contributed by atoms with Gasteiger partial charge in [0.1, 0.15) is 5.58 Å². The Morgan fingerprint density at radius 2 is 1.95 bits per heavy atom. The smallest absolute Gasteiger partial charge is 0.224 e. The lowest BCUT2D eigenvalue weighted by Gasteiger charge is -2.24. The second kappa shape index (κ2) is 5.48. The maximum absolute atomic E-state index is 12.3. The lowest BCUT2D eigenvalue weighted by molar-refractivity contribution is -0.122. The van der Waals surface area contributed by atoms with Crippen LogP contribution in [0, 0.1) is 0 Å². The summed E-state index contributed by atoms with van der Waals surface area (Å²) >= 11 is 0. The van der Waals surface area contributed by atoms with Crippen LogP contribution in [-0.2, 0) is 11.2 Å². The van der Waals surface area contributed by atoms with Gasteiger partial charge in [-0.1, -0.05) is 37.3 Å². The van der Waals surface area contributed by atoms with Crippen molar-refractivity contribution in [2.24, 2.45) is 0 Å². The molecule has 0 atom stereocenters. The van der Waals surface area contributed by atoms with Crippen molar-refractivity contribution >= 4 is 27.6 Å². The Bertz CT molecular complexity index is 830. The maximum atomic E-state index is 12.3. The van der Waals surface area contributed by atoms with E-state index in [-0.39, 0.29) is 11.4 Å². The number of rotatable bonds is 4. The molecular formula is C19H21NO2. The zero-order valence-corrected chi connectivity index (χ0v) is 13.3. The third-order valence-electron chi connectivity index (χ3n) is 4.25. The zero-order chi connectivity index (χ0) is 15.7. The zero-order valence-electron chi connectivity index (χ0n) is 13.3. The van der Waals surface area contributed by atoms with Gasteiger partial charge in [-0.3, -0.25) is 4.79 Å². The fourth-order valence-corrected chi connectivity index (χ4v) is 2.69. The van der Waals surface area contributed by atoms with Crippen LogP contribution in [0.3, 0.4) is 0 Å². The van der Waals surface area contributed by atoms with Crippen molar-refractivity contribution in [3.8, 4) is 0 Å². The van der Waals surface area contributed by atoms with E-state index >= 15 is 0 Å². The molecule has 1 aromatic heterocycles. The molecule has 114 valence electrons. The molecule has 0 saturated heterocycles. The Balaban J connectivity index is 1.98. The van der Waals surface area contributed by atoms with Crippen LogP contribution >= 0.6 is 0 Å². The predicted molar refractivity (Wildman–Crippen MR) is 89.9 cm³/mol. The highest BCUT2D eigenvalue weighted by Gasteiger charge is 2.19. The van der Waals surface area contributed by atoms with E-state index in [4.69, 9.17) is 4.42 Å². The van der Waals surface area contributed by atoms with E-state index < -0.39 is 0 Å². The van der Waals surface area contributed by atoms with Crippen LogP contribution in [0.2, 0.25) is 0 Å². The molecule has 1 N–H and O–H groups in total. The normalized spacial score (nSPS) is 12.0. The fourth-order valence-electron chi connectivity index (χ4n) is 2.69. The summed E-state index contributed by atoms with van der Waals surface area (Å²) in [5.74, 6) is 0.0301. The fraction of sp³-hybridized carbons (Fsp3) is 0.316. The van der Waals surface area contributed by atoms with Gasteiger partial charge in [-0.2, -0.15) is 0 Å². The molecular weight excluding hydrogens is 274 g/mol. The first kappa shape index (κ1) is 14.6. The van der Waals surface area contributed by atoms with Gasteiger partial charge in [-0.15, -0.1) is 0 Å². The molecule has 0 aliphatic rings. The first-order valence-electron chi connectivity index (χ1n) is 7.69. The molecule has 3 heteroatoms. The SMILES string of the molecule is CCC(C)(C)NC(=O)Cc1coc2ccc3ccccc3c12. The van der Waals surface area contributed by atoms with Crippen LogP contribution < -0.4 is 5.32 Å². The Morgan fingerprint density at radius 1 is 1.18 bits per heavy atom. The minimum absolute atomic E-state index is 0.0301. The van der Waals surface area contributed by atoms with Crippen molar-refractivity contribution in [2.75, 3.05) is 0 Å². The Hall–Kier alpha value is -2.29. The molecule has 1 amide bonds. The van der Waals surface area contributed by atoms with E-state index in [0.717, 1.165) is 33.7 Å². The van der Waals surface area contributed by atoms with Gasteiger partial charge in [-0.05, 0) is 37.1 Å². The van der Waals surface area contributed by atoms with E-state index in [9.17, 15) is 4.79 Å². The van der Waals surface area contributed by atoms with Gasteiger partial charge >= 0.3 is 0 Å². The highest BCUT2D eigenvalue weighted by molar-refractivity contribution is 6.08. The Kier molecular flexibility index (Phi) is 3.65. The van der Waals surface area contributed by atoms with Crippen molar-refractivity contribution in [2.45, 2.75) is 39.2 Å². The molecule has 0 saturated carbocycles. The molecule has 1 heterocycles. The molecule has 0 spiro atoms. The maximum Gasteiger partial charge on any atom is 0.224 e. The van der Waals surface area contributed by atoms with Crippen molar-refractivity contribution in [3.63, 3.8) is 0 Å². The third-order valence-corrected chi connectivity index (χ3v) is 4.25. The molecule has 0 aliphatic carbocycles. The number of furan rings is 1. The summed E-state index contributed by atoms with van der Waals surface area (Å²) in [6.07, 6.45) is 2.94. The monoisotopic (exact) mass is 295 g/mol. The van der Waals surface area contributed by atoms with Gasteiger partial charge in [0.15, 0.2) is 0 Å². The lowest BCUT2D eigenvalue weighted by atomic mass is 10.00. The molecule has 3 rings (SSSR count). The highest BCUT2D eigenvalue weighted by Crippen LogP contribution is 2.30. The van der Waals surface area contributed by atoms with Gasteiger partial charge in [0.25, 0.3) is 0 Å². The van der Waals surface area contributed by atoms with Crippen molar-refractivity contribution in [1.82, 2.24) is 5.32 Å². The standard InChI is InChI=1S/C19H21NO2/c1-4-19(2,3)20-17(21)11-14-12-22-16-10-9-13-7-5-6-8-15(13)18(14)16/h5-10,12H,4,11H2,1-3H3,(H,20,21). The number of hydrogen-bond donors (Lipinski definition) is 1. The summed E-state index contributed by atoms with van der Waals surface area (Å²) in [5, 5.41) is 6.41. The van der Waals surface area contributed by atoms with Gasteiger partial charge in [0.2, 0.25) is 5.91 Å². The van der Waals surface area contributed by atoms with Crippen LogP contribution in [0.4, 0.5) is 0 Å². The topological polar surface area (TPSA) is 42.2 Å². The molecule has 3 nitrogen and oxygen atoms in total. The second-order valence-electron chi connectivity index (χ2n) is 6.38. The Labute approximate surface area is 130 Å². The summed E-state index contributed by atoms with van der Waals surface area (Å²) in [4.78, 5) is 12.3. The van der Waals surface area contributed by atoms with Crippen molar-refractivity contribution in [3.05, 3.63) is 48.2 Å². The van der Waals surface area contributed by atoms with Crippen LogP contribution in [0.15, 0.2) is 47.1 Å². The van der Waals surface area contributed by atoms with E-state index in [2.05, 4.69) is 24.4 Å². The molecule has 0 fully saturated rings. The summed E-state index contributed by atoms with van der Waals surface area (Å²) in [5.41, 5.74) is 1.59. The molecule has 0 radical (unpaired) electrons. The molecule has 0 unspecified atom stereocenters. The number of nitrogens with one attached hydrogen (secondary N) is 1. The molecule has 22 heavy (non-hydrogen) atoms. The highest BCUT2D eigenvalue weighted by atomic mass is 16.3. The molecule has 2 aromatic carbocycles. The van der Waals surface area contributed by atoms with Crippen LogP contribution in [-0.4, -0.2) is 11.4 Å². The molecule has 0 bridgehead atoms. The average molecular weight is 295 g/mol. The number of amides is 1. The van der Waals surface area contributed by atoms with Crippen molar-refractivity contribution < 1.29 is 9.21 Å². The largest absolute Gasteiger partial charge is 0.464 e. The summed E-state index contributed by atoms with van der Waals surface area (Å²) in [7, 11) is 0. The number of fused-ring (bicyclic) bond motifs is 3. The summed E-state index contributed by atoms with van der Waals surface area (Å²) < 4.78 is 5.63. The van der Waals surface area contributed by atoms with Crippen molar-refractivity contribution in [1.29, 1.82) is 0 Å². The van der Waals surface area contributed by atoms with Crippen LogP contribution in [0.5, 0.6) is 0 Å². The average Bonchev–Trinajstić information content (AvgIpc) is 2.90. The minimum Gasteiger partial charge on any atom is -0.464 e. The quantitative estimate of drug-likeness (QED) is 0.773. The molecule has 0 aliphatic heterocycles. The van der Waals surface area contributed by atoms with Crippen LogP contribution in [0.1, 0.15) is 32.8 Å². The number of hydrogen-bond acceptors (Lipinski definition) is 2. The number of carbonyl (C=O) groups excluding carboxylic acids is 1. The van der Waals surface area contributed by atoms with Gasteiger partial charge in [-0.25, -0.2) is 0 Å². The first-order chi connectivity index (χ1) is 10.5. The Morgan fingerprint density at radius 3 is 2.73 bits per heavy atom. The van der Waals surface area contributed by atoms with E-state index in [1.807, 2.05) is 38.1 Å². The van der Waals surface area contributed by atoms with Gasteiger partial charge < -0.3 is 9.73 Å². The molecule has 3 aromatic rings.